The summed E-state index contributed by atoms with van der Waals surface area (Å²) in [4.78, 5) is 0.139. The SMILES string of the molecule is Cc1cc(Cl)ccc1S(=O)(=O)Nc1cc(N)ccc1Cl. The summed E-state index contributed by atoms with van der Waals surface area (Å²) in [5.74, 6) is 0. The highest BCUT2D eigenvalue weighted by atomic mass is 35.5. The molecule has 3 N–H and O–H groups in total. The van der Waals surface area contributed by atoms with Gasteiger partial charge in [-0.3, -0.25) is 4.72 Å². The van der Waals surface area contributed by atoms with Gasteiger partial charge in [-0.2, -0.15) is 0 Å². The van der Waals surface area contributed by atoms with Gasteiger partial charge in [-0.1, -0.05) is 23.2 Å². The number of rotatable bonds is 3. The van der Waals surface area contributed by atoms with Crippen LogP contribution in [0.4, 0.5) is 11.4 Å². The van der Waals surface area contributed by atoms with Gasteiger partial charge < -0.3 is 5.73 Å². The Labute approximate surface area is 127 Å². The zero-order valence-corrected chi connectivity index (χ0v) is 12.9. The summed E-state index contributed by atoms with van der Waals surface area (Å²) >= 11 is 11.8. The fraction of sp³-hybridized carbons (Fsp3) is 0.0769. The first-order valence-corrected chi connectivity index (χ1v) is 7.87. The van der Waals surface area contributed by atoms with Crippen LogP contribution in [0, 0.1) is 6.92 Å². The number of hydrogen-bond acceptors (Lipinski definition) is 3. The Morgan fingerprint density at radius 2 is 1.80 bits per heavy atom. The van der Waals surface area contributed by atoms with Gasteiger partial charge in [0.1, 0.15) is 0 Å². The topological polar surface area (TPSA) is 72.2 Å². The highest BCUT2D eigenvalue weighted by Crippen LogP contribution is 2.28. The summed E-state index contributed by atoms with van der Waals surface area (Å²) < 4.78 is 27.1. The molecule has 0 amide bonds. The minimum Gasteiger partial charge on any atom is -0.399 e. The first kappa shape index (κ1) is 15.0. The second-order valence-corrected chi connectivity index (χ2v) is 6.75. The molecule has 0 unspecified atom stereocenters. The fourth-order valence-electron chi connectivity index (χ4n) is 1.74. The van der Waals surface area contributed by atoms with Crippen molar-refractivity contribution in [1.82, 2.24) is 0 Å². The molecular weight excluding hydrogens is 319 g/mol. The van der Waals surface area contributed by atoms with Crippen LogP contribution in [0.15, 0.2) is 41.3 Å². The molecule has 4 nitrogen and oxygen atoms in total. The van der Waals surface area contributed by atoms with E-state index in [4.69, 9.17) is 28.9 Å². The number of hydrogen-bond donors (Lipinski definition) is 2. The standard InChI is InChI=1S/C13H12Cl2N2O2S/c1-8-6-9(14)2-5-13(8)20(18,19)17-12-7-10(16)3-4-11(12)15/h2-7,17H,16H2,1H3. The predicted octanol–water partition coefficient (Wildman–Crippen LogP) is 3.68. The van der Waals surface area contributed by atoms with Gasteiger partial charge in [0.2, 0.25) is 0 Å². The van der Waals surface area contributed by atoms with Crippen molar-refractivity contribution in [2.45, 2.75) is 11.8 Å². The van der Waals surface area contributed by atoms with Crippen LogP contribution >= 0.6 is 23.2 Å². The lowest BCUT2D eigenvalue weighted by atomic mass is 10.2. The monoisotopic (exact) mass is 330 g/mol. The zero-order chi connectivity index (χ0) is 14.9. The molecule has 2 aromatic rings. The molecule has 0 saturated heterocycles. The molecule has 0 bridgehead atoms. The summed E-state index contributed by atoms with van der Waals surface area (Å²) in [5, 5.41) is 0.748. The van der Waals surface area contributed by atoms with Crippen molar-refractivity contribution in [2.24, 2.45) is 0 Å². The third kappa shape index (κ3) is 3.17. The van der Waals surface area contributed by atoms with Gasteiger partial charge in [0.05, 0.1) is 15.6 Å². The van der Waals surface area contributed by atoms with Crippen molar-refractivity contribution in [3.63, 3.8) is 0 Å². The lowest BCUT2D eigenvalue weighted by Crippen LogP contribution is -2.14. The van der Waals surface area contributed by atoms with E-state index >= 15 is 0 Å². The average Bonchev–Trinajstić information content (AvgIpc) is 2.33. The first-order valence-electron chi connectivity index (χ1n) is 5.63. The number of benzene rings is 2. The number of nitrogens with one attached hydrogen (secondary N) is 1. The van der Waals surface area contributed by atoms with Crippen LogP contribution in [0.25, 0.3) is 0 Å². The Hall–Kier alpha value is -1.43. The Bertz CT molecular complexity index is 761. The normalized spacial score (nSPS) is 11.3. The van der Waals surface area contributed by atoms with Crippen molar-refractivity contribution in [3.05, 3.63) is 52.0 Å². The van der Waals surface area contributed by atoms with E-state index in [-0.39, 0.29) is 15.6 Å². The molecule has 0 fully saturated rings. The second-order valence-electron chi connectivity index (χ2n) is 4.25. The maximum atomic E-state index is 12.3. The van der Waals surface area contributed by atoms with Crippen LogP contribution in [0.5, 0.6) is 0 Å². The van der Waals surface area contributed by atoms with Crippen molar-refractivity contribution >= 4 is 44.6 Å². The fourth-order valence-corrected chi connectivity index (χ4v) is 3.48. The highest BCUT2D eigenvalue weighted by molar-refractivity contribution is 7.92. The van der Waals surface area contributed by atoms with E-state index in [0.29, 0.717) is 16.3 Å². The minimum atomic E-state index is -3.75. The second kappa shape index (κ2) is 5.52. The molecule has 0 aliphatic heterocycles. The lowest BCUT2D eigenvalue weighted by molar-refractivity contribution is 0.600. The first-order chi connectivity index (χ1) is 9.29. The summed E-state index contributed by atoms with van der Waals surface area (Å²) in [5.41, 5.74) is 6.82. The average molecular weight is 331 g/mol. The smallest absolute Gasteiger partial charge is 0.262 e. The molecule has 0 saturated carbocycles. The molecule has 7 heteroatoms. The maximum Gasteiger partial charge on any atom is 0.262 e. The van der Waals surface area contributed by atoms with Gasteiger partial charge >= 0.3 is 0 Å². The van der Waals surface area contributed by atoms with Gasteiger partial charge in [-0.05, 0) is 48.9 Å². The van der Waals surface area contributed by atoms with Crippen LogP contribution in [-0.4, -0.2) is 8.42 Å². The number of anilines is 2. The molecule has 0 aliphatic carbocycles. The van der Waals surface area contributed by atoms with Gasteiger partial charge in [-0.25, -0.2) is 8.42 Å². The molecule has 106 valence electrons. The number of sulfonamides is 1. The summed E-state index contributed by atoms with van der Waals surface area (Å²) in [6, 6.07) is 9.13. The number of nitrogen functional groups attached to an aromatic ring is 1. The largest absolute Gasteiger partial charge is 0.399 e. The number of halogens is 2. The summed E-state index contributed by atoms with van der Waals surface area (Å²) in [7, 11) is -3.75. The third-order valence-corrected chi connectivity index (χ3v) is 4.75. The molecule has 0 atom stereocenters. The molecule has 0 radical (unpaired) electrons. The Kier molecular flexibility index (Phi) is 4.13. The zero-order valence-electron chi connectivity index (χ0n) is 10.5. The van der Waals surface area contributed by atoms with Gasteiger partial charge in [0.15, 0.2) is 0 Å². The molecule has 20 heavy (non-hydrogen) atoms. The molecule has 0 aromatic heterocycles. The molecule has 0 heterocycles. The Morgan fingerprint density at radius 3 is 2.45 bits per heavy atom. The summed E-state index contributed by atoms with van der Waals surface area (Å²) in [6.07, 6.45) is 0. The minimum absolute atomic E-state index is 0.139. The van der Waals surface area contributed by atoms with E-state index in [1.54, 1.807) is 19.1 Å². The van der Waals surface area contributed by atoms with Gasteiger partial charge in [0.25, 0.3) is 10.0 Å². The van der Waals surface area contributed by atoms with Gasteiger partial charge in [-0.15, -0.1) is 0 Å². The van der Waals surface area contributed by atoms with E-state index in [1.165, 1.54) is 24.3 Å². The molecular formula is C13H12Cl2N2O2S. The van der Waals surface area contributed by atoms with E-state index in [9.17, 15) is 8.42 Å². The van der Waals surface area contributed by atoms with Crippen molar-refractivity contribution in [1.29, 1.82) is 0 Å². The predicted molar refractivity (Wildman–Crippen MR) is 82.9 cm³/mol. The third-order valence-electron chi connectivity index (χ3n) is 2.66. The van der Waals surface area contributed by atoms with Crippen LogP contribution in [0.2, 0.25) is 10.0 Å². The number of nitrogens with two attached hydrogens (primary N) is 1. The number of aryl methyl sites for hydroxylation is 1. The van der Waals surface area contributed by atoms with Crippen molar-refractivity contribution in [3.8, 4) is 0 Å². The molecule has 0 spiro atoms. The molecule has 2 rings (SSSR count). The van der Waals surface area contributed by atoms with Crippen LogP contribution in [-0.2, 0) is 10.0 Å². The quantitative estimate of drug-likeness (QED) is 0.843. The van der Waals surface area contributed by atoms with Crippen LogP contribution < -0.4 is 10.5 Å². The molecule has 2 aromatic carbocycles. The Morgan fingerprint density at radius 1 is 1.10 bits per heavy atom. The maximum absolute atomic E-state index is 12.3. The Balaban J connectivity index is 2.43. The van der Waals surface area contributed by atoms with E-state index in [1.807, 2.05) is 0 Å². The van der Waals surface area contributed by atoms with Crippen molar-refractivity contribution < 1.29 is 8.42 Å². The highest BCUT2D eigenvalue weighted by Gasteiger charge is 2.18. The molecule has 0 aliphatic rings. The van der Waals surface area contributed by atoms with Crippen LogP contribution in [0.1, 0.15) is 5.56 Å². The van der Waals surface area contributed by atoms with Crippen LogP contribution in [0.3, 0.4) is 0 Å². The van der Waals surface area contributed by atoms with Crippen molar-refractivity contribution in [2.75, 3.05) is 10.5 Å². The van der Waals surface area contributed by atoms with E-state index < -0.39 is 10.0 Å². The lowest BCUT2D eigenvalue weighted by Gasteiger charge is -2.12. The van der Waals surface area contributed by atoms with E-state index in [2.05, 4.69) is 4.72 Å². The summed E-state index contributed by atoms with van der Waals surface area (Å²) in [6.45, 7) is 1.67. The van der Waals surface area contributed by atoms with E-state index in [0.717, 1.165) is 0 Å². The van der Waals surface area contributed by atoms with Gasteiger partial charge in [0, 0.05) is 10.7 Å².